The summed E-state index contributed by atoms with van der Waals surface area (Å²) in [6.45, 7) is 7.26. The molecule has 112 valence electrons. The molecule has 0 aliphatic heterocycles. The van der Waals surface area contributed by atoms with Gasteiger partial charge in [-0.2, -0.15) is 0 Å². The highest BCUT2D eigenvalue weighted by atomic mass is 35.5. The van der Waals surface area contributed by atoms with Crippen LogP contribution in [0.1, 0.15) is 24.3 Å². The Morgan fingerprint density at radius 3 is 2.67 bits per heavy atom. The molecule has 0 fully saturated rings. The third-order valence-corrected chi connectivity index (χ3v) is 4.14. The zero-order valence-corrected chi connectivity index (χ0v) is 13.9. The normalized spacial score (nSPS) is 11.3. The summed E-state index contributed by atoms with van der Waals surface area (Å²) in [5.74, 6) is 0.358. The number of carbonyl (C=O) groups is 1. The second kappa shape index (κ2) is 6.03. The number of thiazole rings is 1. The van der Waals surface area contributed by atoms with Gasteiger partial charge < -0.3 is 4.74 Å². The van der Waals surface area contributed by atoms with Gasteiger partial charge >= 0.3 is 0 Å². The van der Waals surface area contributed by atoms with E-state index in [1.54, 1.807) is 32.2 Å². The van der Waals surface area contributed by atoms with Gasteiger partial charge in [0.2, 0.25) is 0 Å². The molecule has 0 aliphatic carbocycles. The smallest absolute Gasteiger partial charge is 0.269 e. The Hall–Kier alpha value is -1.59. The van der Waals surface area contributed by atoms with E-state index in [0.717, 1.165) is 10.4 Å². The maximum absolute atomic E-state index is 12.3. The largest absolute Gasteiger partial charge is 0.478 e. The SMILES string of the molecule is Cc1cnc(NC(=O)C(C)(C)Oc2ccc(Cl)c(C)c2)s1. The average Bonchev–Trinajstić information content (AvgIpc) is 2.79. The maximum Gasteiger partial charge on any atom is 0.269 e. The van der Waals surface area contributed by atoms with Gasteiger partial charge in [0, 0.05) is 16.1 Å². The van der Waals surface area contributed by atoms with E-state index in [-0.39, 0.29) is 5.91 Å². The van der Waals surface area contributed by atoms with Crippen molar-refractivity contribution >= 4 is 34.0 Å². The molecule has 1 N–H and O–H groups in total. The van der Waals surface area contributed by atoms with Crippen molar-refractivity contribution < 1.29 is 9.53 Å². The minimum Gasteiger partial charge on any atom is -0.478 e. The fourth-order valence-electron chi connectivity index (χ4n) is 1.68. The number of ether oxygens (including phenoxy) is 1. The molecule has 0 radical (unpaired) electrons. The van der Waals surface area contributed by atoms with Crippen molar-refractivity contribution in [3.05, 3.63) is 39.9 Å². The van der Waals surface area contributed by atoms with Crippen LogP contribution >= 0.6 is 22.9 Å². The summed E-state index contributed by atoms with van der Waals surface area (Å²) < 4.78 is 5.78. The molecular formula is C15H17ClN2O2S. The minimum atomic E-state index is -1.01. The third-order valence-electron chi connectivity index (χ3n) is 2.89. The Labute approximate surface area is 133 Å². The summed E-state index contributed by atoms with van der Waals surface area (Å²) in [5.41, 5.74) is -0.110. The third kappa shape index (κ3) is 3.95. The Morgan fingerprint density at radius 1 is 1.38 bits per heavy atom. The molecule has 1 aromatic heterocycles. The summed E-state index contributed by atoms with van der Waals surface area (Å²) in [5, 5.41) is 4.01. The van der Waals surface area contributed by atoms with Crippen LogP contribution in [0.5, 0.6) is 5.75 Å². The molecule has 1 aromatic carbocycles. The van der Waals surface area contributed by atoms with Gasteiger partial charge in [-0.1, -0.05) is 11.6 Å². The zero-order valence-electron chi connectivity index (χ0n) is 12.4. The van der Waals surface area contributed by atoms with Crippen LogP contribution in [0.4, 0.5) is 5.13 Å². The molecule has 0 atom stereocenters. The van der Waals surface area contributed by atoms with Gasteiger partial charge in [-0.25, -0.2) is 4.98 Å². The van der Waals surface area contributed by atoms with Gasteiger partial charge in [0.1, 0.15) is 5.75 Å². The van der Waals surface area contributed by atoms with Gasteiger partial charge in [0.25, 0.3) is 5.91 Å². The predicted molar refractivity (Wildman–Crippen MR) is 86.4 cm³/mol. The lowest BCUT2D eigenvalue weighted by Gasteiger charge is -2.25. The van der Waals surface area contributed by atoms with E-state index in [9.17, 15) is 4.79 Å². The maximum atomic E-state index is 12.3. The first-order valence-corrected chi connectivity index (χ1v) is 7.66. The van der Waals surface area contributed by atoms with E-state index >= 15 is 0 Å². The van der Waals surface area contributed by atoms with Crippen molar-refractivity contribution in [1.82, 2.24) is 4.98 Å². The molecule has 1 amide bonds. The van der Waals surface area contributed by atoms with Crippen LogP contribution in [0.15, 0.2) is 24.4 Å². The Bertz CT molecular complexity index is 667. The van der Waals surface area contributed by atoms with Crippen LogP contribution in [-0.4, -0.2) is 16.5 Å². The summed E-state index contributed by atoms with van der Waals surface area (Å²) in [6.07, 6.45) is 1.72. The van der Waals surface area contributed by atoms with E-state index in [0.29, 0.717) is 15.9 Å². The number of carbonyl (C=O) groups excluding carboxylic acids is 1. The molecule has 1 heterocycles. The molecule has 0 saturated carbocycles. The molecule has 0 saturated heterocycles. The fraction of sp³-hybridized carbons (Fsp3) is 0.333. The number of benzene rings is 1. The number of rotatable bonds is 4. The summed E-state index contributed by atoms with van der Waals surface area (Å²) in [4.78, 5) is 17.5. The van der Waals surface area contributed by atoms with Gasteiger partial charge in [-0.05, 0) is 51.5 Å². The van der Waals surface area contributed by atoms with Gasteiger partial charge in [-0.3, -0.25) is 10.1 Å². The number of nitrogens with one attached hydrogen (secondary N) is 1. The van der Waals surface area contributed by atoms with E-state index in [1.165, 1.54) is 11.3 Å². The van der Waals surface area contributed by atoms with E-state index in [1.807, 2.05) is 19.9 Å². The van der Waals surface area contributed by atoms with Crippen LogP contribution in [0.2, 0.25) is 5.02 Å². The number of hydrogen-bond donors (Lipinski definition) is 1. The molecular weight excluding hydrogens is 308 g/mol. The number of anilines is 1. The average molecular weight is 325 g/mol. The Morgan fingerprint density at radius 2 is 2.10 bits per heavy atom. The summed E-state index contributed by atoms with van der Waals surface area (Å²) in [6, 6.07) is 5.31. The Kier molecular flexibility index (Phi) is 4.54. The highest BCUT2D eigenvalue weighted by molar-refractivity contribution is 7.15. The zero-order chi connectivity index (χ0) is 15.6. The number of hydrogen-bond acceptors (Lipinski definition) is 4. The Balaban J connectivity index is 2.09. The van der Waals surface area contributed by atoms with Gasteiger partial charge in [0.05, 0.1) is 0 Å². The number of halogens is 1. The van der Waals surface area contributed by atoms with E-state index in [2.05, 4.69) is 10.3 Å². The van der Waals surface area contributed by atoms with Crippen molar-refractivity contribution in [1.29, 1.82) is 0 Å². The molecule has 21 heavy (non-hydrogen) atoms. The van der Waals surface area contributed by atoms with Crippen molar-refractivity contribution in [2.75, 3.05) is 5.32 Å². The number of aryl methyl sites for hydroxylation is 2. The van der Waals surface area contributed by atoms with E-state index < -0.39 is 5.60 Å². The number of nitrogens with zero attached hydrogens (tertiary/aromatic N) is 1. The summed E-state index contributed by atoms with van der Waals surface area (Å²) in [7, 11) is 0. The van der Waals surface area contributed by atoms with Crippen molar-refractivity contribution in [2.45, 2.75) is 33.3 Å². The van der Waals surface area contributed by atoms with Gasteiger partial charge in [0.15, 0.2) is 10.7 Å². The molecule has 0 aliphatic rings. The quantitative estimate of drug-likeness (QED) is 0.916. The lowest BCUT2D eigenvalue weighted by Crippen LogP contribution is -2.42. The van der Waals surface area contributed by atoms with Crippen molar-refractivity contribution in [3.63, 3.8) is 0 Å². The summed E-state index contributed by atoms with van der Waals surface area (Å²) >= 11 is 7.41. The van der Waals surface area contributed by atoms with Crippen molar-refractivity contribution in [3.8, 4) is 5.75 Å². The molecule has 0 spiro atoms. The van der Waals surface area contributed by atoms with Crippen LogP contribution < -0.4 is 10.1 Å². The van der Waals surface area contributed by atoms with Crippen LogP contribution in [0.3, 0.4) is 0 Å². The first-order chi connectivity index (χ1) is 9.78. The first-order valence-electron chi connectivity index (χ1n) is 6.47. The molecule has 0 bridgehead atoms. The molecule has 2 rings (SSSR count). The first kappa shape index (κ1) is 15.8. The highest BCUT2D eigenvalue weighted by Gasteiger charge is 2.30. The fourth-order valence-corrected chi connectivity index (χ4v) is 2.46. The van der Waals surface area contributed by atoms with E-state index in [4.69, 9.17) is 16.3 Å². The van der Waals surface area contributed by atoms with Crippen LogP contribution in [0, 0.1) is 13.8 Å². The monoisotopic (exact) mass is 324 g/mol. The molecule has 4 nitrogen and oxygen atoms in total. The topological polar surface area (TPSA) is 51.2 Å². The van der Waals surface area contributed by atoms with Crippen LogP contribution in [-0.2, 0) is 4.79 Å². The number of aromatic nitrogens is 1. The van der Waals surface area contributed by atoms with Gasteiger partial charge in [-0.15, -0.1) is 11.3 Å². The lowest BCUT2D eigenvalue weighted by molar-refractivity contribution is -0.128. The second-order valence-electron chi connectivity index (χ2n) is 5.25. The molecule has 6 heteroatoms. The number of amides is 1. The lowest BCUT2D eigenvalue weighted by atomic mass is 10.1. The predicted octanol–water partition coefficient (Wildman–Crippen LogP) is 4.21. The highest BCUT2D eigenvalue weighted by Crippen LogP contribution is 2.25. The molecule has 0 unspecified atom stereocenters. The van der Waals surface area contributed by atoms with Crippen molar-refractivity contribution in [2.24, 2.45) is 0 Å². The van der Waals surface area contributed by atoms with Crippen LogP contribution in [0.25, 0.3) is 0 Å². The second-order valence-corrected chi connectivity index (χ2v) is 6.90. The minimum absolute atomic E-state index is 0.246. The standard InChI is InChI=1S/C15H17ClN2O2S/c1-9-7-11(5-6-12(9)16)20-15(3,4)13(19)18-14-17-8-10(2)21-14/h5-8H,1-4H3,(H,17,18,19). The molecule has 2 aromatic rings.